The molecule has 2 rings (SSSR count). The van der Waals surface area contributed by atoms with E-state index in [1.165, 1.54) is 30.7 Å². The van der Waals surface area contributed by atoms with E-state index in [1.807, 2.05) is 0 Å². The summed E-state index contributed by atoms with van der Waals surface area (Å²) >= 11 is 0. The third-order valence-electron chi connectivity index (χ3n) is 3.78. The smallest absolute Gasteiger partial charge is 0.314 e. The lowest BCUT2D eigenvalue weighted by Crippen LogP contribution is -2.21. The minimum atomic E-state index is -4.22. The first-order valence-corrected chi connectivity index (χ1v) is 8.70. The zero-order valence-corrected chi connectivity index (χ0v) is 12.6. The molecule has 1 aromatic carbocycles. The summed E-state index contributed by atoms with van der Waals surface area (Å²) < 4.78 is 36.1. The van der Waals surface area contributed by atoms with Gasteiger partial charge in [0.05, 0.1) is 10.8 Å². The summed E-state index contributed by atoms with van der Waals surface area (Å²) in [4.78, 5) is 11.9. The highest BCUT2D eigenvalue weighted by molar-refractivity contribution is 7.85. The number of benzene rings is 1. The maximum absolute atomic E-state index is 12.1. The van der Waals surface area contributed by atoms with E-state index < -0.39 is 10.1 Å². The maximum Gasteiger partial charge on any atom is 0.314 e. The van der Waals surface area contributed by atoms with Crippen LogP contribution in [-0.2, 0) is 14.9 Å². The molecule has 0 aliphatic heterocycles. The van der Waals surface area contributed by atoms with E-state index in [0.29, 0.717) is 5.75 Å². The number of hydrogen-bond donors (Lipinski definition) is 1. The summed E-state index contributed by atoms with van der Waals surface area (Å²) in [6.45, 7) is 0. The highest BCUT2D eigenvalue weighted by Crippen LogP contribution is 2.24. The number of esters is 1. The van der Waals surface area contributed by atoms with Crippen LogP contribution in [0.3, 0.4) is 0 Å². The van der Waals surface area contributed by atoms with Gasteiger partial charge in [-0.3, -0.25) is 9.35 Å². The van der Waals surface area contributed by atoms with E-state index >= 15 is 0 Å². The fraction of sp³-hybridized carbons (Fsp3) is 0.533. The van der Waals surface area contributed by atoms with Crippen LogP contribution < -0.4 is 4.74 Å². The molecule has 0 amide bonds. The second kappa shape index (κ2) is 7.04. The normalized spacial score (nSPS) is 17.8. The first-order valence-electron chi connectivity index (χ1n) is 7.26. The lowest BCUT2D eigenvalue weighted by Gasteiger charge is -2.18. The van der Waals surface area contributed by atoms with Gasteiger partial charge in [0.2, 0.25) is 0 Å². The van der Waals surface area contributed by atoms with Crippen molar-refractivity contribution in [1.29, 1.82) is 0 Å². The van der Waals surface area contributed by atoms with E-state index in [-0.39, 0.29) is 16.8 Å². The van der Waals surface area contributed by atoms with Crippen LogP contribution in [0, 0.1) is 5.92 Å². The van der Waals surface area contributed by atoms with Gasteiger partial charge in [0.1, 0.15) is 5.75 Å². The van der Waals surface area contributed by atoms with Crippen molar-refractivity contribution in [3.63, 3.8) is 0 Å². The lowest BCUT2D eigenvalue weighted by atomic mass is 9.91. The van der Waals surface area contributed by atoms with Gasteiger partial charge < -0.3 is 4.74 Å². The second-order valence-corrected chi connectivity index (χ2v) is 6.83. The molecule has 0 unspecified atom stereocenters. The third kappa shape index (κ3) is 4.82. The van der Waals surface area contributed by atoms with Crippen molar-refractivity contribution in [2.24, 2.45) is 5.92 Å². The maximum atomic E-state index is 12.1. The number of rotatable bonds is 3. The van der Waals surface area contributed by atoms with Crippen LogP contribution in [0.15, 0.2) is 29.2 Å². The van der Waals surface area contributed by atoms with Crippen molar-refractivity contribution in [2.75, 3.05) is 0 Å². The summed E-state index contributed by atoms with van der Waals surface area (Å²) in [6, 6.07) is 5.19. The minimum absolute atomic E-state index is 0.0773. The van der Waals surface area contributed by atoms with Crippen LogP contribution >= 0.6 is 0 Å². The SMILES string of the molecule is O=C(Oc1ccc(S(=O)(=O)O)cc1)C1CCCCCCC1. The van der Waals surface area contributed by atoms with Gasteiger partial charge in [-0.2, -0.15) is 8.42 Å². The first-order chi connectivity index (χ1) is 9.97. The Hall–Kier alpha value is -1.40. The Balaban J connectivity index is 1.98. The molecule has 0 spiro atoms. The molecule has 0 radical (unpaired) electrons. The van der Waals surface area contributed by atoms with Crippen molar-refractivity contribution >= 4 is 16.1 Å². The van der Waals surface area contributed by atoms with Crippen LogP contribution in [0.4, 0.5) is 0 Å². The highest BCUT2D eigenvalue weighted by Gasteiger charge is 2.21. The topological polar surface area (TPSA) is 80.7 Å². The largest absolute Gasteiger partial charge is 0.426 e. The van der Waals surface area contributed by atoms with E-state index in [9.17, 15) is 13.2 Å². The van der Waals surface area contributed by atoms with Gasteiger partial charge >= 0.3 is 5.97 Å². The predicted molar refractivity (Wildman–Crippen MR) is 77.7 cm³/mol. The molecule has 1 aliphatic carbocycles. The Labute approximate surface area is 125 Å². The average molecular weight is 312 g/mol. The first kappa shape index (κ1) is 16.0. The number of ether oxygens (including phenoxy) is 1. The Kier molecular flexibility index (Phi) is 5.36. The molecule has 0 atom stereocenters. The van der Waals surface area contributed by atoms with Crippen LogP contribution in [0.1, 0.15) is 44.9 Å². The molecule has 0 bridgehead atoms. The fourth-order valence-corrected chi connectivity index (χ4v) is 3.05. The van der Waals surface area contributed by atoms with E-state index in [2.05, 4.69) is 0 Å². The number of carbonyl (C=O) groups is 1. The quantitative estimate of drug-likeness (QED) is 0.526. The Morgan fingerprint density at radius 3 is 2.05 bits per heavy atom. The van der Waals surface area contributed by atoms with Crippen molar-refractivity contribution in [2.45, 2.75) is 49.8 Å². The summed E-state index contributed by atoms with van der Waals surface area (Å²) in [7, 11) is -4.22. The molecule has 0 aromatic heterocycles. The van der Waals surface area contributed by atoms with Gasteiger partial charge in [-0.05, 0) is 37.1 Å². The van der Waals surface area contributed by atoms with Gasteiger partial charge in [-0.1, -0.05) is 32.1 Å². The third-order valence-corrected chi connectivity index (χ3v) is 4.65. The lowest BCUT2D eigenvalue weighted by molar-refractivity contribution is -0.139. The monoisotopic (exact) mass is 312 g/mol. The molecule has 5 nitrogen and oxygen atoms in total. The van der Waals surface area contributed by atoms with Crippen molar-refractivity contribution < 1.29 is 22.5 Å². The minimum Gasteiger partial charge on any atom is -0.426 e. The molecule has 1 fully saturated rings. The van der Waals surface area contributed by atoms with Gasteiger partial charge in [0.15, 0.2) is 0 Å². The zero-order chi connectivity index (χ0) is 15.3. The summed E-state index contributed by atoms with van der Waals surface area (Å²) in [6.07, 6.45) is 7.34. The molecular formula is C15H20O5S. The van der Waals surface area contributed by atoms with Crippen LogP contribution in [0.5, 0.6) is 5.75 Å². The molecule has 1 aliphatic rings. The van der Waals surface area contributed by atoms with Gasteiger partial charge in [-0.25, -0.2) is 0 Å². The second-order valence-electron chi connectivity index (χ2n) is 5.41. The van der Waals surface area contributed by atoms with Crippen molar-refractivity contribution in [3.05, 3.63) is 24.3 Å². The standard InChI is InChI=1S/C15H20O5S/c16-15(12-6-4-2-1-3-5-7-12)20-13-8-10-14(11-9-13)21(17,18)19/h8-12H,1-7H2,(H,17,18,19). The Bertz CT molecular complexity index is 569. The van der Waals surface area contributed by atoms with Crippen molar-refractivity contribution in [3.8, 4) is 5.75 Å². The molecule has 0 saturated heterocycles. The fourth-order valence-electron chi connectivity index (χ4n) is 2.57. The predicted octanol–water partition coefficient (Wildman–Crippen LogP) is 3.20. The van der Waals surface area contributed by atoms with Crippen LogP contribution in [0.25, 0.3) is 0 Å². The van der Waals surface area contributed by atoms with Gasteiger partial charge in [0.25, 0.3) is 10.1 Å². The molecular weight excluding hydrogens is 292 g/mol. The Morgan fingerprint density at radius 2 is 1.52 bits per heavy atom. The summed E-state index contributed by atoms with van der Waals surface area (Å²) in [5, 5.41) is 0. The number of hydrogen-bond acceptors (Lipinski definition) is 4. The summed E-state index contributed by atoms with van der Waals surface area (Å²) in [5.41, 5.74) is 0. The van der Waals surface area contributed by atoms with Crippen molar-refractivity contribution in [1.82, 2.24) is 0 Å². The molecule has 1 aromatic rings. The van der Waals surface area contributed by atoms with E-state index in [0.717, 1.165) is 38.5 Å². The molecule has 21 heavy (non-hydrogen) atoms. The molecule has 116 valence electrons. The Morgan fingerprint density at radius 1 is 1.00 bits per heavy atom. The zero-order valence-electron chi connectivity index (χ0n) is 11.8. The van der Waals surface area contributed by atoms with Gasteiger partial charge in [0, 0.05) is 0 Å². The summed E-state index contributed by atoms with van der Waals surface area (Å²) in [5.74, 6) is -0.0301. The molecule has 6 heteroatoms. The van der Waals surface area contributed by atoms with E-state index in [1.54, 1.807) is 0 Å². The molecule has 0 heterocycles. The average Bonchev–Trinajstić information content (AvgIpc) is 2.37. The molecule has 1 N–H and O–H groups in total. The van der Waals surface area contributed by atoms with Crippen LogP contribution in [0.2, 0.25) is 0 Å². The highest BCUT2D eigenvalue weighted by atomic mass is 32.2. The molecule has 1 saturated carbocycles. The number of carbonyl (C=O) groups excluding carboxylic acids is 1. The van der Waals surface area contributed by atoms with Crippen LogP contribution in [-0.4, -0.2) is 18.9 Å². The van der Waals surface area contributed by atoms with E-state index in [4.69, 9.17) is 9.29 Å². The van der Waals surface area contributed by atoms with Gasteiger partial charge in [-0.15, -0.1) is 0 Å².